The van der Waals surface area contributed by atoms with Crippen LogP contribution in [0.4, 0.5) is 0 Å². The molecule has 1 saturated carbocycles. The van der Waals surface area contributed by atoms with E-state index in [1.54, 1.807) is 0 Å². The molecule has 0 bridgehead atoms. The predicted molar refractivity (Wildman–Crippen MR) is 112 cm³/mol. The van der Waals surface area contributed by atoms with Crippen LogP contribution < -0.4 is 0 Å². The molecule has 0 unspecified atom stereocenters. The highest BCUT2D eigenvalue weighted by atomic mass is 16.5. The third kappa shape index (κ3) is 13.6. The molecule has 0 heterocycles. The Morgan fingerprint density at radius 2 is 1.08 bits per heavy atom. The quantitative estimate of drug-likeness (QED) is 0.193. The molecular weight excluding hydrogens is 320 g/mol. The summed E-state index contributed by atoms with van der Waals surface area (Å²) < 4.78 is 5.46. The Kier molecular flexibility index (Phi) is 16.2. The van der Waals surface area contributed by atoms with E-state index in [-0.39, 0.29) is 11.9 Å². The van der Waals surface area contributed by atoms with Gasteiger partial charge >= 0.3 is 5.97 Å². The van der Waals surface area contributed by atoms with E-state index in [0.29, 0.717) is 6.61 Å². The molecular formula is C24H46O2. The van der Waals surface area contributed by atoms with Crippen LogP contribution >= 0.6 is 0 Å². The first-order valence-corrected chi connectivity index (χ1v) is 12.0. The van der Waals surface area contributed by atoms with E-state index >= 15 is 0 Å². The monoisotopic (exact) mass is 366 g/mol. The van der Waals surface area contributed by atoms with Crippen molar-refractivity contribution in [1.82, 2.24) is 0 Å². The summed E-state index contributed by atoms with van der Waals surface area (Å²) in [7, 11) is 0. The van der Waals surface area contributed by atoms with Crippen molar-refractivity contribution in [2.24, 2.45) is 5.92 Å². The molecule has 0 atom stereocenters. The maximum absolute atomic E-state index is 11.9. The Bertz CT molecular complexity index is 307. The number of hydrogen-bond donors (Lipinski definition) is 0. The third-order valence-corrected chi connectivity index (χ3v) is 5.93. The minimum Gasteiger partial charge on any atom is -0.465 e. The van der Waals surface area contributed by atoms with E-state index in [0.717, 1.165) is 19.3 Å². The second kappa shape index (κ2) is 17.9. The summed E-state index contributed by atoms with van der Waals surface area (Å²) >= 11 is 0. The summed E-state index contributed by atoms with van der Waals surface area (Å²) in [6.07, 6.45) is 26.4. The van der Waals surface area contributed by atoms with Crippen LogP contribution in [0.3, 0.4) is 0 Å². The second-order valence-electron chi connectivity index (χ2n) is 8.45. The van der Waals surface area contributed by atoms with Crippen LogP contribution in [0, 0.1) is 5.92 Å². The first kappa shape index (κ1) is 23.5. The maximum Gasteiger partial charge on any atom is 0.308 e. The zero-order valence-electron chi connectivity index (χ0n) is 17.7. The fourth-order valence-corrected chi connectivity index (χ4v) is 4.10. The molecule has 1 rings (SSSR count). The number of rotatable bonds is 17. The van der Waals surface area contributed by atoms with Crippen molar-refractivity contribution in [2.75, 3.05) is 6.61 Å². The Labute approximate surface area is 163 Å². The van der Waals surface area contributed by atoms with Crippen molar-refractivity contribution < 1.29 is 9.53 Å². The van der Waals surface area contributed by atoms with Crippen molar-refractivity contribution in [3.63, 3.8) is 0 Å². The average molecular weight is 367 g/mol. The highest BCUT2D eigenvalue weighted by Gasteiger charge is 2.21. The molecule has 1 fully saturated rings. The number of hydrogen-bond acceptors (Lipinski definition) is 2. The Morgan fingerprint density at radius 1 is 0.654 bits per heavy atom. The van der Waals surface area contributed by atoms with Gasteiger partial charge in [0.25, 0.3) is 0 Å². The van der Waals surface area contributed by atoms with Crippen LogP contribution in [0.15, 0.2) is 0 Å². The molecule has 0 spiro atoms. The van der Waals surface area contributed by atoms with E-state index in [4.69, 9.17) is 4.74 Å². The molecule has 0 N–H and O–H groups in total. The van der Waals surface area contributed by atoms with Crippen molar-refractivity contribution in [1.29, 1.82) is 0 Å². The summed E-state index contributed by atoms with van der Waals surface area (Å²) in [5.41, 5.74) is 0. The van der Waals surface area contributed by atoms with Gasteiger partial charge in [-0.1, -0.05) is 116 Å². The fraction of sp³-hybridized carbons (Fsp3) is 0.958. The largest absolute Gasteiger partial charge is 0.465 e. The van der Waals surface area contributed by atoms with Crippen LogP contribution in [-0.4, -0.2) is 12.6 Å². The molecule has 0 saturated heterocycles. The molecule has 2 nitrogen and oxygen atoms in total. The molecule has 0 radical (unpaired) electrons. The SMILES string of the molecule is CCCCCCCCCCCCCCCCCOC(=O)C1CCCCC1. The molecule has 2 heteroatoms. The number of unbranched alkanes of at least 4 members (excludes halogenated alkanes) is 14. The van der Waals surface area contributed by atoms with Gasteiger partial charge in [0, 0.05) is 0 Å². The van der Waals surface area contributed by atoms with Crippen LogP contribution in [0.25, 0.3) is 0 Å². The number of carbonyl (C=O) groups excluding carboxylic acids is 1. The molecule has 0 aromatic rings. The highest BCUT2D eigenvalue weighted by Crippen LogP contribution is 2.24. The van der Waals surface area contributed by atoms with Gasteiger partial charge in [0.1, 0.15) is 0 Å². The molecule has 26 heavy (non-hydrogen) atoms. The smallest absolute Gasteiger partial charge is 0.308 e. The number of carbonyl (C=O) groups is 1. The first-order valence-electron chi connectivity index (χ1n) is 12.0. The van der Waals surface area contributed by atoms with Crippen molar-refractivity contribution >= 4 is 5.97 Å². The highest BCUT2D eigenvalue weighted by molar-refractivity contribution is 5.72. The van der Waals surface area contributed by atoms with E-state index in [1.165, 1.54) is 109 Å². The number of esters is 1. The molecule has 1 aliphatic carbocycles. The third-order valence-electron chi connectivity index (χ3n) is 5.93. The minimum absolute atomic E-state index is 0.0788. The molecule has 154 valence electrons. The van der Waals surface area contributed by atoms with E-state index < -0.39 is 0 Å². The van der Waals surface area contributed by atoms with E-state index in [9.17, 15) is 4.79 Å². The predicted octanol–water partition coefficient (Wildman–Crippen LogP) is 7.98. The summed E-state index contributed by atoms with van der Waals surface area (Å²) in [5, 5.41) is 0. The second-order valence-corrected chi connectivity index (χ2v) is 8.45. The van der Waals surface area contributed by atoms with Crippen molar-refractivity contribution in [3.05, 3.63) is 0 Å². The molecule has 1 aliphatic rings. The summed E-state index contributed by atoms with van der Waals surface area (Å²) in [6.45, 7) is 2.93. The van der Waals surface area contributed by atoms with Crippen LogP contribution in [0.2, 0.25) is 0 Å². The van der Waals surface area contributed by atoms with E-state index in [1.807, 2.05) is 0 Å². The first-order chi connectivity index (χ1) is 12.8. The number of ether oxygens (including phenoxy) is 1. The van der Waals surface area contributed by atoms with Gasteiger partial charge in [-0.3, -0.25) is 4.79 Å². The van der Waals surface area contributed by atoms with Gasteiger partial charge in [-0.05, 0) is 19.3 Å². The zero-order chi connectivity index (χ0) is 18.7. The van der Waals surface area contributed by atoms with E-state index in [2.05, 4.69) is 6.92 Å². The Hall–Kier alpha value is -0.530. The average Bonchev–Trinajstić information content (AvgIpc) is 2.68. The van der Waals surface area contributed by atoms with Crippen LogP contribution in [0.1, 0.15) is 135 Å². The lowest BCUT2D eigenvalue weighted by Crippen LogP contribution is -2.20. The topological polar surface area (TPSA) is 26.3 Å². The zero-order valence-corrected chi connectivity index (χ0v) is 17.7. The normalized spacial score (nSPS) is 15.3. The minimum atomic E-state index is 0.0788. The Morgan fingerprint density at radius 3 is 1.54 bits per heavy atom. The lowest BCUT2D eigenvalue weighted by Gasteiger charge is -2.19. The van der Waals surface area contributed by atoms with Crippen LogP contribution in [-0.2, 0) is 9.53 Å². The van der Waals surface area contributed by atoms with Gasteiger partial charge in [0.15, 0.2) is 0 Å². The van der Waals surface area contributed by atoms with Gasteiger partial charge in [-0.25, -0.2) is 0 Å². The summed E-state index contributed by atoms with van der Waals surface area (Å²) in [4.78, 5) is 11.9. The van der Waals surface area contributed by atoms with Crippen molar-refractivity contribution in [2.45, 2.75) is 135 Å². The van der Waals surface area contributed by atoms with Gasteiger partial charge in [-0.2, -0.15) is 0 Å². The van der Waals surface area contributed by atoms with Gasteiger partial charge in [0.05, 0.1) is 12.5 Å². The summed E-state index contributed by atoms with van der Waals surface area (Å²) in [6, 6.07) is 0. The lowest BCUT2D eigenvalue weighted by molar-refractivity contribution is -0.149. The molecule has 0 aromatic heterocycles. The molecule has 0 amide bonds. The molecule has 0 aromatic carbocycles. The Balaban J connectivity index is 1.72. The molecule has 0 aliphatic heterocycles. The summed E-state index contributed by atoms with van der Waals surface area (Å²) in [5.74, 6) is 0.287. The van der Waals surface area contributed by atoms with Gasteiger partial charge < -0.3 is 4.74 Å². The van der Waals surface area contributed by atoms with Crippen molar-refractivity contribution in [3.8, 4) is 0 Å². The fourth-order valence-electron chi connectivity index (χ4n) is 4.10. The standard InChI is InChI=1S/C24H46O2/c1-2-3-4-5-6-7-8-9-10-11-12-13-14-15-19-22-26-24(25)23-20-17-16-18-21-23/h23H,2-22H2,1H3. The van der Waals surface area contributed by atoms with Crippen LogP contribution in [0.5, 0.6) is 0 Å². The van der Waals surface area contributed by atoms with Gasteiger partial charge in [-0.15, -0.1) is 0 Å². The maximum atomic E-state index is 11.9. The van der Waals surface area contributed by atoms with Gasteiger partial charge in [0.2, 0.25) is 0 Å². The lowest BCUT2D eigenvalue weighted by atomic mass is 9.89.